The SMILES string of the molecule is CCN(CC)C(=O)[C@@H](OC(=O)c1ccc(N(C)C)c([N+](=O)[O-])c1)c1ccccc1. The maximum Gasteiger partial charge on any atom is 0.339 e. The summed E-state index contributed by atoms with van der Waals surface area (Å²) in [5.74, 6) is -1.14. The number of hydrogen-bond acceptors (Lipinski definition) is 6. The van der Waals surface area contributed by atoms with Crippen molar-refractivity contribution in [2.45, 2.75) is 20.0 Å². The number of rotatable bonds is 8. The molecule has 0 aliphatic heterocycles. The molecule has 0 radical (unpaired) electrons. The first-order chi connectivity index (χ1) is 13.8. The van der Waals surface area contributed by atoms with E-state index in [0.29, 0.717) is 24.3 Å². The molecule has 0 saturated carbocycles. The molecule has 2 aromatic carbocycles. The first kappa shape index (κ1) is 21.9. The van der Waals surface area contributed by atoms with Crippen molar-refractivity contribution in [1.82, 2.24) is 4.90 Å². The van der Waals surface area contributed by atoms with Crippen LogP contribution >= 0.6 is 0 Å². The van der Waals surface area contributed by atoms with E-state index in [1.165, 1.54) is 18.2 Å². The quantitative estimate of drug-likeness (QED) is 0.384. The van der Waals surface area contributed by atoms with Crippen molar-refractivity contribution in [2.24, 2.45) is 0 Å². The first-order valence-corrected chi connectivity index (χ1v) is 9.30. The standard InChI is InChI=1S/C21H25N3O5/c1-5-23(6-2)20(25)19(15-10-8-7-9-11-15)29-21(26)16-12-13-17(22(3)4)18(14-16)24(27)28/h7-14,19H,5-6H2,1-4H3/t19-/m0/s1. The normalized spacial score (nSPS) is 11.4. The van der Waals surface area contributed by atoms with Gasteiger partial charge < -0.3 is 14.5 Å². The molecule has 8 heteroatoms. The lowest BCUT2D eigenvalue weighted by atomic mass is 10.1. The zero-order valence-corrected chi connectivity index (χ0v) is 17.0. The topological polar surface area (TPSA) is 93.0 Å². The lowest BCUT2D eigenvalue weighted by molar-refractivity contribution is -0.384. The number of nitro benzene ring substituents is 1. The van der Waals surface area contributed by atoms with Crippen LogP contribution in [0.15, 0.2) is 48.5 Å². The van der Waals surface area contributed by atoms with Gasteiger partial charge in [-0.25, -0.2) is 4.79 Å². The van der Waals surface area contributed by atoms with Gasteiger partial charge in [0.25, 0.3) is 11.6 Å². The Hall–Kier alpha value is -3.42. The Morgan fingerprint density at radius 2 is 1.69 bits per heavy atom. The third-order valence-electron chi connectivity index (χ3n) is 4.52. The van der Waals surface area contributed by atoms with Gasteiger partial charge in [0.1, 0.15) is 5.69 Å². The van der Waals surface area contributed by atoms with Crippen LogP contribution in [0.4, 0.5) is 11.4 Å². The maximum atomic E-state index is 12.9. The molecule has 0 saturated heterocycles. The monoisotopic (exact) mass is 399 g/mol. The molecule has 0 spiro atoms. The molecule has 154 valence electrons. The first-order valence-electron chi connectivity index (χ1n) is 9.30. The molecular weight excluding hydrogens is 374 g/mol. The lowest BCUT2D eigenvalue weighted by Gasteiger charge is -2.25. The van der Waals surface area contributed by atoms with E-state index in [1.807, 2.05) is 13.8 Å². The van der Waals surface area contributed by atoms with Gasteiger partial charge in [-0.15, -0.1) is 0 Å². The lowest BCUT2D eigenvalue weighted by Crippen LogP contribution is -2.36. The minimum atomic E-state index is -1.13. The van der Waals surface area contributed by atoms with Crippen LogP contribution in [-0.2, 0) is 9.53 Å². The molecular formula is C21H25N3O5. The van der Waals surface area contributed by atoms with Crippen LogP contribution in [-0.4, -0.2) is 48.9 Å². The van der Waals surface area contributed by atoms with E-state index in [1.54, 1.807) is 54.2 Å². The molecule has 2 aromatic rings. The second-order valence-electron chi connectivity index (χ2n) is 6.56. The summed E-state index contributed by atoms with van der Waals surface area (Å²) in [6, 6.07) is 12.8. The minimum absolute atomic E-state index is 0.00979. The highest BCUT2D eigenvalue weighted by molar-refractivity contribution is 5.94. The summed E-state index contributed by atoms with van der Waals surface area (Å²) < 4.78 is 5.54. The van der Waals surface area contributed by atoms with Crippen LogP contribution in [0.2, 0.25) is 0 Å². The second kappa shape index (κ2) is 9.68. The summed E-state index contributed by atoms with van der Waals surface area (Å²) in [7, 11) is 3.35. The third-order valence-corrected chi connectivity index (χ3v) is 4.52. The highest BCUT2D eigenvalue weighted by Gasteiger charge is 2.29. The van der Waals surface area contributed by atoms with Crippen molar-refractivity contribution >= 4 is 23.3 Å². The van der Waals surface area contributed by atoms with Gasteiger partial charge in [-0.3, -0.25) is 14.9 Å². The number of nitro groups is 1. The highest BCUT2D eigenvalue weighted by atomic mass is 16.6. The fourth-order valence-electron chi connectivity index (χ4n) is 2.94. The molecule has 1 atom stereocenters. The third kappa shape index (κ3) is 5.10. The summed E-state index contributed by atoms with van der Waals surface area (Å²) in [6.45, 7) is 4.63. The van der Waals surface area contributed by atoms with Crippen molar-refractivity contribution in [3.8, 4) is 0 Å². The number of amides is 1. The van der Waals surface area contributed by atoms with E-state index in [-0.39, 0.29) is 17.2 Å². The summed E-state index contributed by atoms with van der Waals surface area (Å²) in [4.78, 5) is 39.7. The molecule has 0 bridgehead atoms. The van der Waals surface area contributed by atoms with Crippen molar-refractivity contribution in [3.63, 3.8) is 0 Å². The minimum Gasteiger partial charge on any atom is -0.444 e. The molecule has 2 rings (SSSR count). The van der Waals surface area contributed by atoms with Crippen molar-refractivity contribution < 1.29 is 19.2 Å². The molecule has 0 aliphatic rings. The number of likely N-dealkylation sites (N-methyl/N-ethyl adjacent to an activating group) is 1. The molecule has 0 aromatic heterocycles. The van der Waals surface area contributed by atoms with Crippen LogP contribution in [0.3, 0.4) is 0 Å². The van der Waals surface area contributed by atoms with Gasteiger partial charge in [0, 0.05) is 38.8 Å². The summed E-state index contributed by atoms with van der Waals surface area (Å²) in [5.41, 5.74) is 0.703. The fourth-order valence-corrected chi connectivity index (χ4v) is 2.94. The summed E-state index contributed by atoms with van der Waals surface area (Å²) in [5, 5.41) is 11.4. The van der Waals surface area contributed by atoms with Crippen molar-refractivity contribution in [1.29, 1.82) is 0 Å². The average molecular weight is 399 g/mol. The smallest absolute Gasteiger partial charge is 0.339 e. The van der Waals surface area contributed by atoms with E-state index < -0.39 is 17.0 Å². The van der Waals surface area contributed by atoms with Crippen LogP contribution in [0.25, 0.3) is 0 Å². The van der Waals surface area contributed by atoms with Gasteiger partial charge in [-0.1, -0.05) is 30.3 Å². The fraction of sp³-hybridized carbons (Fsp3) is 0.333. The van der Waals surface area contributed by atoms with Gasteiger partial charge >= 0.3 is 5.97 Å². The van der Waals surface area contributed by atoms with E-state index in [4.69, 9.17) is 4.74 Å². The molecule has 1 amide bonds. The van der Waals surface area contributed by atoms with Gasteiger partial charge in [-0.05, 0) is 26.0 Å². The highest BCUT2D eigenvalue weighted by Crippen LogP contribution is 2.29. The van der Waals surface area contributed by atoms with E-state index in [2.05, 4.69) is 0 Å². The number of carbonyl (C=O) groups is 2. The Morgan fingerprint density at radius 1 is 1.07 bits per heavy atom. The number of esters is 1. The molecule has 0 aliphatic carbocycles. The zero-order chi connectivity index (χ0) is 21.6. The average Bonchev–Trinajstić information content (AvgIpc) is 2.72. The summed E-state index contributed by atoms with van der Waals surface area (Å²) in [6.07, 6.45) is -1.13. The Kier molecular flexibility index (Phi) is 7.30. The number of benzene rings is 2. The van der Waals surface area contributed by atoms with E-state index >= 15 is 0 Å². The number of ether oxygens (including phenoxy) is 1. The van der Waals surface area contributed by atoms with Crippen molar-refractivity contribution in [2.75, 3.05) is 32.1 Å². The molecule has 29 heavy (non-hydrogen) atoms. The largest absolute Gasteiger partial charge is 0.444 e. The van der Waals surface area contributed by atoms with E-state index in [9.17, 15) is 19.7 Å². The maximum absolute atomic E-state index is 12.9. The van der Waals surface area contributed by atoms with Crippen LogP contribution in [0.5, 0.6) is 0 Å². The Bertz CT molecular complexity index is 879. The Labute approximate surface area is 169 Å². The summed E-state index contributed by atoms with van der Waals surface area (Å²) >= 11 is 0. The van der Waals surface area contributed by atoms with Crippen molar-refractivity contribution in [3.05, 3.63) is 69.8 Å². The van der Waals surface area contributed by atoms with Gasteiger partial charge in [-0.2, -0.15) is 0 Å². The van der Waals surface area contributed by atoms with Gasteiger partial charge in [0.05, 0.1) is 10.5 Å². The Morgan fingerprint density at radius 3 is 2.21 bits per heavy atom. The molecule has 0 fully saturated rings. The van der Waals surface area contributed by atoms with Gasteiger partial charge in [0.2, 0.25) is 6.10 Å². The second-order valence-corrected chi connectivity index (χ2v) is 6.56. The van der Waals surface area contributed by atoms with Crippen LogP contribution in [0.1, 0.15) is 35.9 Å². The predicted molar refractivity (Wildman–Crippen MR) is 110 cm³/mol. The van der Waals surface area contributed by atoms with Crippen LogP contribution in [0, 0.1) is 10.1 Å². The number of carbonyl (C=O) groups excluding carboxylic acids is 2. The predicted octanol–water partition coefficient (Wildman–Crippen LogP) is 3.43. The van der Waals surface area contributed by atoms with E-state index in [0.717, 1.165) is 0 Å². The molecule has 0 heterocycles. The number of nitrogens with zero attached hydrogens (tertiary/aromatic N) is 3. The molecule has 0 N–H and O–H groups in total. The zero-order valence-electron chi connectivity index (χ0n) is 17.0. The Balaban J connectivity index is 2.38. The van der Waals surface area contributed by atoms with Crippen LogP contribution < -0.4 is 4.90 Å². The number of anilines is 1. The molecule has 0 unspecified atom stereocenters. The molecule has 8 nitrogen and oxygen atoms in total. The van der Waals surface area contributed by atoms with Gasteiger partial charge in [0.15, 0.2) is 0 Å². The number of hydrogen-bond donors (Lipinski definition) is 0.